The van der Waals surface area contributed by atoms with E-state index in [2.05, 4.69) is 18.8 Å². The lowest BCUT2D eigenvalue weighted by atomic mass is 10.0. The zero-order valence-corrected chi connectivity index (χ0v) is 15.7. The highest BCUT2D eigenvalue weighted by atomic mass is 32.2. The van der Waals surface area contributed by atoms with Crippen LogP contribution in [0, 0.1) is 11.2 Å². The van der Waals surface area contributed by atoms with Crippen LogP contribution in [0.2, 0.25) is 0 Å². The molecule has 2 N–H and O–H groups in total. The third-order valence-corrected chi connectivity index (χ3v) is 6.26. The SMILES string of the molecule is CC1(C)[C@@H](c2ccc(S(N)(=O)=O)cc2)[C@@H]1c1nc(-c2ccccc2F)co1. The van der Waals surface area contributed by atoms with Crippen LogP contribution < -0.4 is 5.14 Å². The number of benzene rings is 2. The van der Waals surface area contributed by atoms with Gasteiger partial charge in [0.1, 0.15) is 17.8 Å². The Kier molecular flexibility index (Phi) is 3.98. The maximum atomic E-state index is 14.0. The van der Waals surface area contributed by atoms with Crippen molar-refractivity contribution in [3.05, 3.63) is 72.1 Å². The summed E-state index contributed by atoms with van der Waals surface area (Å²) >= 11 is 0. The van der Waals surface area contributed by atoms with Crippen LogP contribution in [0.3, 0.4) is 0 Å². The molecule has 4 rings (SSSR count). The average molecular weight is 386 g/mol. The minimum atomic E-state index is -3.72. The lowest BCUT2D eigenvalue weighted by molar-refractivity contribution is 0.467. The van der Waals surface area contributed by atoms with Crippen molar-refractivity contribution in [1.82, 2.24) is 4.98 Å². The Bertz CT molecular complexity index is 1100. The second-order valence-corrected chi connectivity index (χ2v) is 9.00. The molecule has 2 atom stereocenters. The van der Waals surface area contributed by atoms with Gasteiger partial charge in [-0.25, -0.2) is 22.9 Å². The fraction of sp³-hybridized carbons (Fsp3) is 0.250. The molecule has 140 valence electrons. The molecular formula is C20H19FN2O3S. The van der Waals surface area contributed by atoms with Crippen LogP contribution in [0.1, 0.15) is 37.1 Å². The van der Waals surface area contributed by atoms with Gasteiger partial charge in [0.2, 0.25) is 10.0 Å². The number of nitrogens with two attached hydrogens (primary N) is 1. The molecule has 27 heavy (non-hydrogen) atoms. The monoisotopic (exact) mass is 386 g/mol. The van der Waals surface area contributed by atoms with E-state index >= 15 is 0 Å². The van der Waals surface area contributed by atoms with Crippen LogP contribution in [0.4, 0.5) is 4.39 Å². The highest BCUT2D eigenvalue weighted by Crippen LogP contribution is 2.69. The summed E-state index contributed by atoms with van der Waals surface area (Å²) in [7, 11) is -3.72. The number of hydrogen-bond acceptors (Lipinski definition) is 4. The second-order valence-electron chi connectivity index (χ2n) is 7.44. The first kappa shape index (κ1) is 17.9. The normalized spacial score (nSPS) is 21.2. The van der Waals surface area contributed by atoms with Gasteiger partial charge in [0.25, 0.3) is 0 Å². The molecule has 0 radical (unpaired) electrons. The third-order valence-electron chi connectivity index (χ3n) is 5.33. The molecule has 3 aromatic rings. The number of primary sulfonamides is 1. The van der Waals surface area contributed by atoms with E-state index in [1.807, 2.05) is 0 Å². The predicted octanol–water partition coefficient (Wildman–Crippen LogP) is 4.04. The summed E-state index contributed by atoms with van der Waals surface area (Å²) in [6, 6.07) is 13.0. The van der Waals surface area contributed by atoms with Gasteiger partial charge in [-0.05, 0) is 35.2 Å². The number of nitrogens with zero attached hydrogens (tertiary/aromatic N) is 1. The molecule has 0 unspecified atom stereocenters. The van der Waals surface area contributed by atoms with Crippen LogP contribution in [0.5, 0.6) is 0 Å². The van der Waals surface area contributed by atoms with Crippen molar-refractivity contribution in [2.75, 3.05) is 0 Å². The number of rotatable bonds is 4. The molecule has 0 aliphatic heterocycles. The predicted molar refractivity (Wildman–Crippen MR) is 99.0 cm³/mol. The van der Waals surface area contributed by atoms with Crippen molar-refractivity contribution >= 4 is 10.0 Å². The summed E-state index contributed by atoms with van der Waals surface area (Å²) in [5, 5.41) is 5.16. The van der Waals surface area contributed by atoms with E-state index in [1.165, 1.54) is 24.5 Å². The smallest absolute Gasteiger partial charge is 0.238 e. The standard InChI is InChI=1S/C20H19FN2O3S/c1-20(2)17(12-7-9-13(10-8-12)27(22,24)25)18(20)19-23-16(11-26-19)14-5-3-4-6-15(14)21/h3-11,17-18H,1-2H3,(H2,22,24,25)/t17-,18+/m0/s1. The Morgan fingerprint density at radius 3 is 2.37 bits per heavy atom. The molecule has 5 nitrogen and oxygen atoms in total. The van der Waals surface area contributed by atoms with Gasteiger partial charge in [-0.1, -0.05) is 38.1 Å². The molecule has 1 aliphatic carbocycles. The largest absolute Gasteiger partial charge is 0.448 e. The summed E-state index contributed by atoms with van der Waals surface area (Å²) in [5.74, 6) is 0.360. The summed E-state index contributed by atoms with van der Waals surface area (Å²) < 4.78 is 42.5. The van der Waals surface area contributed by atoms with Crippen molar-refractivity contribution in [1.29, 1.82) is 0 Å². The van der Waals surface area contributed by atoms with E-state index in [4.69, 9.17) is 9.56 Å². The number of halogens is 1. The summed E-state index contributed by atoms with van der Waals surface area (Å²) in [5.41, 5.74) is 1.75. The molecule has 0 saturated heterocycles. The van der Waals surface area contributed by atoms with Crippen molar-refractivity contribution < 1.29 is 17.2 Å². The molecule has 2 aromatic carbocycles. The minimum Gasteiger partial charge on any atom is -0.448 e. The number of aromatic nitrogens is 1. The van der Waals surface area contributed by atoms with Crippen molar-refractivity contribution in [3.8, 4) is 11.3 Å². The maximum absolute atomic E-state index is 14.0. The first-order valence-corrected chi connectivity index (χ1v) is 10.1. The molecule has 0 bridgehead atoms. The second kappa shape index (κ2) is 6.00. The maximum Gasteiger partial charge on any atom is 0.238 e. The van der Waals surface area contributed by atoms with E-state index in [0.717, 1.165) is 5.56 Å². The molecule has 1 aromatic heterocycles. The van der Waals surface area contributed by atoms with Crippen molar-refractivity contribution in [2.45, 2.75) is 30.6 Å². The fourth-order valence-electron chi connectivity index (χ4n) is 3.81. The Hall–Kier alpha value is -2.51. The van der Waals surface area contributed by atoms with Gasteiger partial charge in [-0.3, -0.25) is 0 Å². The molecule has 0 amide bonds. The van der Waals surface area contributed by atoms with Gasteiger partial charge >= 0.3 is 0 Å². The first-order valence-electron chi connectivity index (χ1n) is 8.52. The van der Waals surface area contributed by atoms with E-state index in [1.54, 1.807) is 30.3 Å². The quantitative estimate of drug-likeness (QED) is 0.733. The highest BCUT2D eigenvalue weighted by molar-refractivity contribution is 7.89. The van der Waals surface area contributed by atoms with Gasteiger partial charge < -0.3 is 4.42 Å². The van der Waals surface area contributed by atoms with Gasteiger partial charge in [-0.15, -0.1) is 0 Å². The van der Waals surface area contributed by atoms with Crippen LogP contribution in [0.25, 0.3) is 11.3 Å². The number of sulfonamides is 1. The molecule has 0 spiro atoms. The lowest BCUT2D eigenvalue weighted by Gasteiger charge is -2.04. The van der Waals surface area contributed by atoms with E-state index in [0.29, 0.717) is 17.1 Å². The van der Waals surface area contributed by atoms with Crippen LogP contribution in [-0.4, -0.2) is 13.4 Å². The molecule has 1 saturated carbocycles. The van der Waals surface area contributed by atoms with Crippen LogP contribution in [0.15, 0.2) is 64.1 Å². The van der Waals surface area contributed by atoms with E-state index in [9.17, 15) is 12.8 Å². The van der Waals surface area contributed by atoms with Gasteiger partial charge in [0.15, 0.2) is 5.89 Å². The zero-order valence-electron chi connectivity index (χ0n) is 14.9. The van der Waals surface area contributed by atoms with Crippen molar-refractivity contribution in [3.63, 3.8) is 0 Å². The van der Waals surface area contributed by atoms with Gasteiger partial charge in [-0.2, -0.15) is 0 Å². The summed E-state index contributed by atoms with van der Waals surface area (Å²) in [4.78, 5) is 4.59. The Labute approximate surface area is 157 Å². The molecule has 1 fully saturated rings. The third kappa shape index (κ3) is 3.07. The van der Waals surface area contributed by atoms with E-state index < -0.39 is 10.0 Å². The topological polar surface area (TPSA) is 86.2 Å². The molecular weight excluding hydrogens is 367 g/mol. The number of oxazole rings is 1. The Morgan fingerprint density at radius 1 is 1.07 bits per heavy atom. The number of hydrogen-bond donors (Lipinski definition) is 1. The Balaban J connectivity index is 1.63. The van der Waals surface area contributed by atoms with Crippen LogP contribution in [-0.2, 0) is 10.0 Å². The average Bonchev–Trinajstić information content (AvgIpc) is 2.95. The highest BCUT2D eigenvalue weighted by Gasteiger charge is 2.61. The minimum absolute atomic E-state index is 0.0263. The fourth-order valence-corrected chi connectivity index (χ4v) is 4.32. The van der Waals surface area contributed by atoms with Crippen LogP contribution >= 0.6 is 0 Å². The van der Waals surface area contributed by atoms with Crippen molar-refractivity contribution in [2.24, 2.45) is 10.6 Å². The van der Waals surface area contributed by atoms with E-state index in [-0.39, 0.29) is 28.0 Å². The lowest BCUT2D eigenvalue weighted by Crippen LogP contribution is -2.11. The summed E-state index contributed by atoms with van der Waals surface area (Å²) in [6.07, 6.45) is 1.48. The first-order chi connectivity index (χ1) is 12.7. The molecule has 7 heteroatoms. The van der Waals surface area contributed by atoms with Gasteiger partial charge in [0.05, 0.1) is 4.90 Å². The molecule has 1 aliphatic rings. The Morgan fingerprint density at radius 2 is 1.74 bits per heavy atom. The zero-order chi connectivity index (χ0) is 19.4. The van der Waals surface area contributed by atoms with Gasteiger partial charge in [0, 0.05) is 17.4 Å². The molecule has 1 heterocycles. The summed E-state index contributed by atoms with van der Waals surface area (Å²) in [6.45, 7) is 4.20.